The zero-order valence-corrected chi connectivity index (χ0v) is 9.26. The van der Waals surface area contributed by atoms with Crippen LogP contribution in [-0.4, -0.2) is 31.6 Å². The number of hydrogen-bond donors (Lipinski definition) is 0. The summed E-state index contributed by atoms with van der Waals surface area (Å²) in [6.45, 7) is 14.1. The van der Waals surface area contributed by atoms with Crippen molar-refractivity contribution in [1.29, 1.82) is 0 Å². The molecule has 0 amide bonds. The molecule has 2 nitrogen and oxygen atoms in total. The highest BCUT2D eigenvalue weighted by atomic mass is 16.5. The lowest BCUT2D eigenvalue weighted by atomic mass is 9.91. The molecule has 0 aromatic carbocycles. The third kappa shape index (κ3) is 3.03. The molecule has 0 N–H and O–H groups in total. The largest absolute Gasteiger partial charge is 0.501 e. The Kier molecular flexibility index (Phi) is 3.01. The molecule has 1 fully saturated rings. The number of methoxy groups -OCH3 is 1. The molecule has 0 aliphatic carbocycles. The summed E-state index contributed by atoms with van der Waals surface area (Å²) in [7, 11) is 1.70. The van der Waals surface area contributed by atoms with Gasteiger partial charge in [0.2, 0.25) is 0 Å². The van der Waals surface area contributed by atoms with E-state index in [2.05, 4.69) is 32.3 Å². The van der Waals surface area contributed by atoms with Crippen LogP contribution in [0.25, 0.3) is 0 Å². The lowest BCUT2D eigenvalue weighted by Gasteiger charge is -2.42. The summed E-state index contributed by atoms with van der Waals surface area (Å²) in [6, 6.07) is 0. The second-order valence-electron chi connectivity index (χ2n) is 5.12. The molecule has 1 saturated heterocycles. The van der Waals surface area contributed by atoms with Gasteiger partial charge >= 0.3 is 0 Å². The Bertz CT molecular complexity index is 187. The van der Waals surface area contributed by atoms with E-state index in [0.717, 1.165) is 18.8 Å². The van der Waals surface area contributed by atoms with E-state index in [1.807, 2.05) is 0 Å². The molecule has 0 aromatic heterocycles. The third-order valence-electron chi connectivity index (χ3n) is 2.37. The molecule has 0 unspecified atom stereocenters. The molecule has 1 aliphatic rings. The van der Waals surface area contributed by atoms with Gasteiger partial charge in [-0.05, 0) is 5.41 Å². The van der Waals surface area contributed by atoms with Crippen LogP contribution >= 0.6 is 0 Å². The first-order valence-corrected chi connectivity index (χ1v) is 4.87. The van der Waals surface area contributed by atoms with Crippen LogP contribution < -0.4 is 0 Å². The fraction of sp³-hybridized carbons (Fsp3) is 0.818. The van der Waals surface area contributed by atoms with Crippen LogP contribution in [0.2, 0.25) is 0 Å². The molecule has 1 rings (SSSR count). The molecular formula is C11H21NO. The number of ether oxygens (including phenoxy) is 1. The molecule has 0 aromatic rings. The summed E-state index contributed by atoms with van der Waals surface area (Å²) in [5, 5.41) is 0. The summed E-state index contributed by atoms with van der Waals surface area (Å²) >= 11 is 0. The van der Waals surface area contributed by atoms with E-state index in [1.165, 1.54) is 6.54 Å². The summed E-state index contributed by atoms with van der Waals surface area (Å²) < 4.78 is 5.11. The molecule has 0 radical (unpaired) electrons. The van der Waals surface area contributed by atoms with Crippen molar-refractivity contribution >= 4 is 0 Å². The van der Waals surface area contributed by atoms with E-state index in [4.69, 9.17) is 4.74 Å². The molecule has 1 heterocycles. The molecule has 13 heavy (non-hydrogen) atoms. The fourth-order valence-corrected chi connectivity index (χ4v) is 1.74. The lowest BCUT2D eigenvalue weighted by molar-refractivity contribution is 0.0526. The number of hydrogen-bond acceptors (Lipinski definition) is 2. The quantitative estimate of drug-likeness (QED) is 0.621. The van der Waals surface area contributed by atoms with Crippen LogP contribution in [0.15, 0.2) is 12.3 Å². The van der Waals surface area contributed by atoms with E-state index in [1.54, 1.807) is 7.11 Å². The SMILES string of the molecule is C=C(OC)C1CN(CC(C)(C)C)C1. The Morgan fingerprint density at radius 3 is 2.38 bits per heavy atom. The smallest absolute Gasteiger partial charge is 0.0940 e. The van der Waals surface area contributed by atoms with Gasteiger partial charge in [-0.2, -0.15) is 0 Å². The Morgan fingerprint density at radius 1 is 1.46 bits per heavy atom. The van der Waals surface area contributed by atoms with E-state index in [-0.39, 0.29) is 0 Å². The molecule has 2 heteroatoms. The molecule has 0 spiro atoms. The van der Waals surface area contributed by atoms with Crippen molar-refractivity contribution in [1.82, 2.24) is 4.90 Å². The number of likely N-dealkylation sites (tertiary alicyclic amines) is 1. The van der Waals surface area contributed by atoms with Crippen molar-refractivity contribution in [3.63, 3.8) is 0 Å². The van der Waals surface area contributed by atoms with Crippen molar-refractivity contribution in [2.24, 2.45) is 11.3 Å². The van der Waals surface area contributed by atoms with Crippen LogP contribution in [0.4, 0.5) is 0 Å². The van der Waals surface area contributed by atoms with E-state index >= 15 is 0 Å². The predicted octanol–water partition coefficient (Wildman–Crippen LogP) is 2.12. The number of rotatable bonds is 3. The average molecular weight is 183 g/mol. The van der Waals surface area contributed by atoms with Gasteiger partial charge < -0.3 is 9.64 Å². The van der Waals surface area contributed by atoms with Crippen LogP contribution in [0.1, 0.15) is 20.8 Å². The topological polar surface area (TPSA) is 12.5 Å². The average Bonchev–Trinajstić information content (AvgIpc) is 1.92. The highest BCUT2D eigenvalue weighted by Crippen LogP contribution is 2.26. The molecule has 0 saturated carbocycles. The Hall–Kier alpha value is -0.500. The zero-order chi connectivity index (χ0) is 10.1. The third-order valence-corrected chi connectivity index (χ3v) is 2.37. The second-order valence-corrected chi connectivity index (χ2v) is 5.12. The molecular weight excluding hydrogens is 162 g/mol. The molecule has 76 valence electrons. The van der Waals surface area contributed by atoms with Gasteiger partial charge in [0.05, 0.1) is 12.9 Å². The van der Waals surface area contributed by atoms with Gasteiger partial charge in [-0.15, -0.1) is 0 Å². The standard InChI is InChI=1S/C11H21NO/c1-9(13-5)10-6-12(7-10)8-11(2,3)4/h10H,1,6-8H2,2-5H3. The minimum atomic E-state index is 0.402. The van der Waals surface area contributed by atoms with Crippen LogP contribution in [-0.2, 0) is 4.74 Å². The minimum absolute atomic E-state index is 0.402. The van der Waals surface area contributed by atoms with Gasteiger partial charge in [0.1, 0.15) is 0 Å². The van der Waals surface area contributed by atoms with Crippen molar-refractivity contribution in [3.05, 3.63) is 12.3 Å². The number of nitrogens with zero attached hydrogens (tertiary/aromatic N) is 1. The first-order valence-electron chi connectivity index (χ1n) is 4.87. The van der Waals surface area contributed by atoms with Crippen molar-refractivity contribution in [3.8, 4) is 0 Å². The highest BCUT2D eigenvalue weighted by molar-refractivity contribution is 5.00. The zero-order valence-electron chi connectivity index (χ0n) is 9.26. The van der Waals surface area contributed by atoms with E-state index in [9.17, 15) is 0 Å². The lowest BCUT2D eigenvalue weighted by Crippen LogP contribution is -2.50. The first kappa shape index (κ1) is 10.6. The van der Waals surface area contributed by atoms with Gasteiger partial charge in [-0.1, -0.05) is 27.4 Å². The van der Waals surface area contributed by atoms with Gasteiger partial charge in [-0.25, -0.2) is 0 Å². The van der Waals surface area contributed by atoms with Gasteiger partial charge in [0.15, 0.2) is 0 Å². The predicted molar refractivity (Wildman–Crippen MR) is 55.5 cm³/mol. The second kappa shape index (κ2) is 3.70. The Balaban J connectivity index is 2.22. The Labute approximate surface area is 81.6 Å². The van der Waals surface area contributed by atoms with Gasteiger partial charge in [0, 0.05) is 25.6 Å². The fourth-order valence-electron chi connectivity index (χ4n) is 1.74. The monoisotopic (exact) mass is 183 g/mol. The van der Waals surface area contributed by atoms with Gasteiger partial charge in [-0.3, -0.25) is 0 Å². The molecule has 0 bridgehead atoms. The molecule has 1 aliphatic heterocycles. The van der Waals surface area contributed by atoms with Crippen molar-refractivity contribution in [2.75, 3.05) is 26.7 Å². The summed E-state index contributed by atoms with van der Waals surface area (Å²) in [6.07, 6.45) is 0. The minimum Gasteiger partial charge on any atom is -0.501 e. The van der Waals surface area contributed by atoms with Crippen LogP contribution in [0.5, 0.6) is 0 Å². The maximum Gasteiger partial charge on any atom is 0.0940 e. The van der Waals surface area contributed by atoms with Crippen molar-refractivity contribution in [2.45, 2.75) is 20.8 Å². The summed E-state index contributed by atoms with van der Waals surface area (Å²) in [5.41, 5.74) is 0.402. The van der Waals surface area contributed by atoms with Crippen molar-refractivity contribution < 1.29 is 4.74 Å². The maximum absolute atomic E-state index is 5.11. The van der Waals surface area contributed by atoms with Crippen LogP contribution in [0, 0.1) is 11.3 Å². The summed E-state index contributed by atoms with van der Waals surface area (Å²) in [5.74, 6) is 1.50. The molecule has 0 atom stereocenters. The first-order chi connectivity index (χ1) is 5.92. The van der Waals surface area contributed by atoms with E-state index < -0.39 is 0 Å². The Morgan fingerprint density at radius 2 is 2.00 bits per heavy atom. The maximum atomic E-state index is 5.11. The summed E-state index contributed by atoms with van der Waals surface area (Å²) in [4.78, 5) is 2.45. The van der Waals surface area contributed by atoms with E-state index in [0.29, 0.717) is 11.3 Å². The van der Waals surface area contributed by atoms with Gasteiger partial charge in [0.25, 0.3) is 0 Å². The van der Waals surface area contributed by atoms with Crippen LogP contribution in [0.3, 0.4) is 0 Å². The highest BCUT2D eigenvalue weighted by Gasteiger charge is 2.31. The normalized spacial score (nSPS) is 19.7.